The van der Waals surface area contributed by atoms with Crippen molar-refractivity contribution in [3.8, 4) is 0 Å². The van der Waals surface area contributed by atoms with Crippen LogP contribution in [0.15, 0.2) is 41.3 Å². The molecular formula is C13H17NS. The zero-order chi connectivity index (χ0) is 10.7. The Morgan fingerprint density at radius 3 is 3.13 bits per heavy atom. The maximum atomic E-state index is 3.93. The summed E-state index contributed by atoms with van der Waals surface area (Å²) in [5, 5.41) is 3.56. The van der Waals surface area contributed by atoms with E-state index >= 15 is 0 Å². The van der Waals surface area contributed by atoms with Crippen LogP contribution in [-0.2, 0) is 0 Å². The molecule has 0 fully saturated rings. The van der Waals surface area contributed by atoms with Crippen molar-refractivity contribution in [3.05, 3.63) is 42.0 Å². The molecule has 1 heterocycles. The van der Waals surface area contributed by atoms with Gasteiger partial charge in [0, 0.05) is 17.5 Å². The molecule has 0 saturated carbocycles. The van der Waals surface area contributed by atoms with Crippen molar-refractivity contribution in [2.45, 2.75) is 24.3 Å². The van der Waals surface area contributed by atoms with Crippen molar-refractivity contribution in [1.29, 1.82) is 0 Å². The van der Waals surface area contributed by atoms with Crippen molar-refractivity contribution >= 4 is 11.8 Å². The van der Waals surface area contributed by atoms with E-state index in [2.05, 4.69) is 43.1 Å². The highest BCUT2D eigenvalue weighted by atomic mass is 32.2. The molecule has 15 heavy (non-hydrogen) atoms. The number of fused-ring (bicyclic) bond motifs is 1. The minimum Gasteiger partial charge on any atom is -0.306 e. The van der Waals surface area contributed by atoms with E-state index < -0.39 is 0 Å². The molecule has 1 atom stereocenters. The Balaban J connectivity index is 2.11. The Morgan fingerprint density at radius 1 is 1.53 bits per heavy atom. The molecule has 1 aliphatic rings. The second kappa shape index (κ2) is 4.86. The van der Waals surface area contributed by atoms with Crippen LogP contribution >= 0.6 is 11.8 Å². The summed E-state index contributed by atoms with van der Waals surface area (Å²) >= 11 is 1.96. The third-order valence-corrected chi connectivity index (χ3v) is 3.73. The Hall–Kier alpha value is -0.730. The molecule has 1 N–H and O–H groups in total. The molecule has 2 heteroatoms. The van der Waals surface area contributed by atoms with Gasteiger partial charge in [-0.15, -0.1) is 11.8 Å². The topological polar surface area (TPSA) is 12.0 Å². The summed E-state index contributed by atoms with van der Waals surface area (Å²) in [7, 11) is 0. The van der Waals surface area contributed by atoms with Gasteiger partial charge >= 0.3 is 0 Å². The van der Waals surface area contributed by atoms with Gasteiger partial charge in [0.15, 0.2) is 0 Å². The molecule has 0 radical (unpaired) electrons. The fourth-order valence-electron chi connectivity index (χ4n) is 1.85. The van der Waals surface area contributed by atoms with Crippen LogP contribution in [-0.4, -0.2) is 12.3 Å². The van der Waals surface area contributed by atoms with Crippen LogP contribution < -0.4 is 5.32 Å². The zero-order valence-corrected chi connectivity index (χ0v) is 9.94. The van der Waals surface area contributed by atoms with Crippen LogP contribution in [0.2, 0.25) is 0 Å². The third kappa shape index (κ3) is 2.64. The molecule has 1 nitrogen and oxygen atoms in total. The van der Waals surface area contributed by atoms with Gasteiger partial charge in [-0.05, 0) is 30.7 Å². The number of hydrogen-bond donors (Lipinski definition) is 1. The number of rotatable bonds is 3. The Morgan fingerprint density at radius 2 is 2.33 bits per heavy atom. The van der Waals surface area contributed by atoms with Crippen LogP contribution in [0, 0.1) is 0 Å². The smallest absolute Gasteiger partial charge is 0.0342 e. The maximum Gasteiger partial charge on any atom is 0.0342 e. The number of benzene rings is 1. The third-order valence-electron chi connectivity index (χ3n) is 2.61. The van der Waals surface area contributed by atoms with E-state index in [1.807, 2.05) is 11.8 Å². The fraction of sp³-hybridized carbons (Fsp3) is 0.385. The van der Waals surface area contributed by atoms with E-state index in [0.29, 0.717) is 6.04 Å². The van der Waals surface area contributed by atoms with E-state index in [9.17, 15) is 0 Å². The van der Waals surface area contributed by atoms with Crippen molar-refractivity contribution < 1.29 is 0 Å². The highest BCUT2D eigenvalue weighted by Gasteiger charge is 2.19. The molecule has 0 spiro atoms. The number of hydrogen-bond acceptors (Lipinski definition) is 2. The first-order valence-electron chi connectivity index (χ1n) is 5.37. The first-order chi connectivity index (χ1) is 7.27. The molecule has 0 aromatic heterocycles. The molecule has 2 rings (SSSR count). The van der Waals surface area contributed by atoms with Crippen molar-refractivity contribution in [3.63, 3.8) is 0 Å². The molecule has 1 aliphatic heterocycles. The van der Waals surface area contributed by atoms with Gasteiger partial charge in [-0.2, -0.15) is 0 Å². The Bertz CT molecular complexity index is 359. The summed E-state index contributed by atoms with van der Waals surface area (Å²) in [5.41, 5.74) is 2.65. The number of nitrogens with one attached hydrogen (secondary N) is 1. The molecule has 1 aromatic carbocycles. The fourth-order valence-corrected chi connectivity index (χ4v) is 2.98. The monoisotopic (exact) mass is 219 g/mol. The average molecular weight is 219 g/mol. The Kier molecular flexibility index (Phi) is 3.49. The molecule has 0 saturated heterocycles. The largest absolute Gasteiger partial charge is 0.306 e. The van der Waals surface area contributed by atoms with Gasteiger partial charge in [-0.25, -0.2) is 0 Å². The molecule has 0 aliphatic carbocycles. The summed E-state index contributed by atoms with van der Waals surface area (Å²) in [6.45, 7) is 6.91. The Labute approximate surface area is 96.0 Å². The summed E-state index contributed by atoms with van der Waals surface area (Å²) in [6, 6.07) is 9.21. The molecule has 0 bridgehead atoms. The number of thioether (sulfide) groups is 1. The zero-order valence-electron chi connectivity index (χ0n) is 9.12. The van der Waals surface area contributed by atoms with Gasteiger partial charge in [0.2, 0.25) is 0 Å². The highest BCUT2D eigenvalue weighted by molar-refractivity contribution is 7.99. The first-order valence-corrected chi connectivity index (χ1v) is 6.35. The lowest BCUT2D eigenvalue weighted by atomic mass is 10.0. The predicted octanol–water partition coefficient (Wildman–Crippen LogP) is 3.39. The van der Waals surface area contributed by atoms with E-state index in [-0.39, 0.29) is 0 Å². The van der Waals surface area contributed by atoms with Crippen LogP contribution in [0.3, 0.4) is 0 Å². The summed E-state index contributed by atoms with van der Waals surface area (Å²) in [4.78, 5) is 1.43. The van der Waals surface area contributed by atoms with Gasteiger partial charge in [-0.3, -0.25) is 0 Å². The second-order valence-electron chi connectivity index (χ2n) is 4.07. The van der Waals surface area contributed by atoms with Crippen LogP contribution in [0.1, 0.15) is 24.9 Å². The lowest BCUT2D eigenvalue weighted by Gasteiger charge is -2.26. The highest BCUT2D eigenvalue weighted by Crippen LogP contribution is 2.35. The minimum absolute atomic E-state index is 0.513. The van der Waals surface area contributed by atoms with Gasteiger partial charge in [0.05, 0.1) is 0 Å². The lowest BCUT2D eigenvalue weighted by molar-refractivity contribution is 0.534. The summed E-state index contributed by atoms with van der Waals surface area (Å²) in [6.07, 6.45) is 1.22. The van der Waals surface area contributed by atoms with E-state index in [1.165, 1.54) is 28.2 Å². The van der Waals surface area contributed by atoms with Gasteiger partial charge in [0.25, 0.3) is 0 Å². The van der Waals surface area contributed by atoms with Crippen LogP contribution in [0.5, 0.6) is 0 Å². The predicted molar refractivity (Wildman–Crippen MR) is 67.3 cm³/mol. The molecule has 1 aromatic rings. The van der Waals surface area contributed by atoms with Crippen LogP contribution in [0.25, 0.3) is 0 Å². The molecule has 1 unspecified atom stereocenters. The van der Waals surface area contributed by atoms with Crippen molar-refractivity contribution in [2.24, 2.45) is 0 Å². The molecular weight excluding hydrogens is 202 g/mol. The van der Waals surface area contributed by atoms with Gasteiger partial charge in [-0.1, -0.05) is 30.4 Å². The average Bonchev–Trinajstić information content (AvgIpc) is 2.26. The normalized spacial score (nSPS) is 19.7. The van der Waals surface area contributed by atoms with Gasteiger partial charge in [0.1, 0.15) is 0 Å². The second-order valence-corrected chi connectivity index (χ2v) is 5.20. The first kappa shape index (κ1) is 10.8. The van der Waals surface area contributed by atoms with E-state index in [1.54, 1.807) is 0 Å². The van der Waals surface area contributed by atoms with Crippen LogP contribution in [0.4, 0.5) is 0 Å². The molecule has 0 amide bonds. The minimum atomic E-state index is 0.513. The van der Waals surface area contributed by atoms with E-state index in [0.717, 1.165) is 6.54 Å². The van der Waals surface area contributed by atoms with Crippen molar-refractivity contribution in [2.75, 3.05) is 12.3 Å². The SMILES string of the molecule is C=C(C)CNC1CCSc2ccccc21. The lowest BCUT2D eigenvalue weighted by Crippen LogP contribution is -2.25. The summed E-state index contributed by atoms with van der Waals surface area (Å²) in [5.74, 6) is 1.21. The summed E-state index contributed by atoms with van der Waals surface area (Å²) < 4.78 is 0. The quantitative estimate of drug-likeness (QED) is 0.782. The van der Waals surface area contributed by atoms with E-state index in [4.69, 9.17) is 0 Å². The van der Waals surface area contributed by atoms with Gasteiger partial charge < -0.3 is 5.32 Å². The standard InChI is InChI=1S/C13H17NS/c1-10(2)9-14-12-7-8-15-13-6-4-3-5-11(12)13/h3-6,12,14H,1,7-9H2,2H3. The van der Waals surface area contributed by atoms with Crippen molar-refractivity contribution in [1.82, 2.24) is 5.32 Å². The molecule has 80 valence electrons. The maximum absolute atomic E-state index is 3.93.